The first-order valence-electron chi connectivity index (χ1n) is 22.1. The van der Waals surface area contributed by atoms with Gasteiger partial charge in [0.15, 0.2) is 5.78 Å². The number of carbonyl (C=O) groups is 1. The second kappa shape index (κ2) is 15.0. The van der Waals surface area contributed by atoms with E-state index in [0.29, 0.717) is 0 Å². The molecule has 1 nitrogen and oxygen atoms in total. The van der Waals surface area contributed by atoms with Gasteiger partial charge in [0, 0.05) is 0 Å². The van der Waals surface area contributed by atoms with Crippen molar-refractivity contribution in [2.45, 2.75) is 10.8 Å². The molecule has 0 saturated heterocycles. The van der Waals surface area contributed by atoms with Crippen molar-refractivity contribution in [3.05, 3.63) is 288 Å². The molecule has 300 valence electrons. The third kappa shape index (κ3) is 5.47. The lowest BCUT2D eigenvalue weighted by Crippen LogP contribution is -2.52. The predicted molar refractivity (Wildman–Crippen MR) is 268 cm³/mol. The molecule has 0 aromatic heterocycles. The van der Waals surface area contributed by atoms with Crippen molar-refractivity contribution in [1.82, 2.24) is 0 Å². The molecule has 0 radical (unpaired) electrons. The van der Waals surface area contributed by atoms with Gasteiger partial charge >= 0.3 is 0 Å². The summed E-state index contributed by atoms with van der Waals surface area (Å²) in [6.45, 7) is 0. The van der Waals surface area contributed by atoms with Crippen LogP contribution in [0.1, 0.15) is 33.4 Å². The van der Waals surface area contributed by atoms with E-state index in [2.05, 4.69) is 255 Å². The maximum absolute atomic E-state index is 19.0. The van der Waals surface area contributed by atoms with Crippen molar-refractivity contribution in [3.8, 4) is 0 Å². The van der Waals surface area contributed by atoms with Gasteiger partial charge in [-0.1, -0.05) is 255 Å². The molecular weight excluding hydrogens is 773 g/mol. The molecule has 0 heterocycles. The monoisotopic (exact) mass is 814 g/mol. The van der Waals surface area contributed by atoms with Crippen LogP contribution in [0.3, 0.4) is 0 Å². The highest BCUT2D eigenvalue weighted by atomic mass is 16.1. The third-order valence-corrected chi connectivity index (χ3v) is 13.8. The SMILES string of the molecule is O=C(C(c1cccc2ccccc12)(c1cccc2ccccc12)c1cccc2ccccc12)C(c1cccc2ccccc12)(c1cccc2ccccc12)c1cccc2ccccc12. The fraction of sp³-hybridized carbons (Fsp3) is 0.0317. The Morgan fingerprint density at radius 3 is 0.547 bits per heavy atom. The minimum Gasteiger partial charge on any atom is -0.296 e. The van der Waals surface area contributed by atoms with Crippen molar-refractivity contribution in [1.29, 1.82) is 0 Å². The van der Waals surface area contributed by atoms with Gasteiger partial charge in [-0.3, -0.25) is 4.79 Å². The highest BCUT2D eigenvalue weighted by Gasteiger charge is 2.58. The van der Waals surface area contributed by atoms with Crippen molar-refractivity contribution >= 4 is 70.4 Å². The number of hydrogen-bond donors (Lipinski definition) is 0. The zero-order valence-corrected chi connectivity index (χ0v) is 35.2. The molecule has 0 unspecified atom stereocenters. The van der Waals surface area contributed by atoms with Gasteiger partial charge in [-0.25, -0.2) is 0 Å². The molecule has 1 heteroatoms. The van der Waals surface area contributed by atoms with Crippen LogP contribution in [0.25, 0.3) is 64.6 Å². The molecule has 0 amide bonds. The highest BCUT2D eigenvalue weighted by molar-refractivity contribution is 6.19. The van der Waals surface area contributed by atoms with Gasteiger partial charge in [-0.05, 0) is 98.0 Å². The molecule has 64 heavy (non-hydrogen) atoms. The quantitative estimate of drug-likeness (QED) is 0.140. The van der Waals surface area contributed by atoms with Gasteiger partial charge in [0.25, 0.3) is 0 Å². The maximum Gasteiger partial charge on any atom is 0.171 e. The summed E-state index contributed by atoms with van der Waals surface area (Å²) in [5.41, 5.74) is 2.76. The lowest BCUT2D eigenvalue weighted by molar-refractivity contribution is -0.125. The summed E-state index contributed by atoms with van der Waals surface area (Å²) < 4.78 is 0. The van der Waals surface area contributed by atoms with E-state index in [1.54, 1.807) is 0 Å². The van der Waals surface area contributed by atoms with Crippen LogP contribution < -0.4 is 0 Å². The molecule has 12 aromatic carbocycles. The van der Waals surface area contributed by atoms with E-state index in [1.807, 2.05) is 0 Å². The van der Waals surface area contributed by atoms with E-state index in [4.69, 9.17) is 0 Å². The normalized spacial score (nSPS) is 12.1. The molecule has 0 atom stereocenters. The van der Waals surface area contributed by atoms with Crippen LogP contribution in [0.4, 0.5) is 0 Å². The number of rotatable bonds is 8. The number of ketones is 1. The van der Waals surface area contributed by atoms with E-state index in [0.717, 1.165) is 98.0 Å². The minimum absolute atomic E-state index is 0.0492. The van der Waals surface area contributed by atoms with Gasteiger partial charge < -0.3 is 0 Å². The number of carbonyl (C=O) groups excluding carboxylic acids is 1. The van der Waals surface area contributed by atoms with Gasteiger partial charge in [0.2, 0.25) is 0 Å². The number of hydrogen-bond acceptors (Lipinski definition) is 1. The Labute approximate surface area is 372 Å². The first-order valence-corrected chi connectivity index (χ1v) is 22.1. The largest absolute Gasteiger partial charge is 0.296 e. The van der Waals surface area contributed by atoms with Gasteiger partial charge in [-0.2, -0.15) is 0 Å². The van der Waals surface area contributed by atoms with E-state index in [-0.39, 0.29) is 5.78 Å². The Morgan fingerprint density at radius 1 is 0.203 bits per heavy atom. The smallest absolute Gasteiger partial charge is 0.171 e. The Morgan fingerprint density at radius 2 is 0.359 bits per heavy atom. The number of benzene rings is 12. The van der Waals surface area contributed by atoms with Crippen LogP contribution >= 0.6 is 0 Å². The number of fused-ring (bicyclic) bond motifs is 6. The average Bonchev–Trinajstić information content (AvgIpc) is 3.37. The van der Waals surface area contributed by atoms with E-state index >= 15 is 4.79 Å². The summed E-state index contributed by atoms with van der Waals surface area (Å²) in [4.78, 5) is 19.0. The summed E-state index contributed by atoms with van der Waals surface area (Å²) in [6.07, 6.45) is 0. The van der Waals surface area contributed by atoms with Crippen molar-refractivity contribution in [3.63, 3.8) is 0 Å². The Hall–Kier alpha value is -8.13. The Bertz CT molecular complexity index is 3120. The lowest BCUT2D eigenvalue weighted by Gasteiger charge is -2.46. The van der Waals surface area contributed by atoms with E-state index in [9.17, 15) is 0 Å². The van der Waals surface area contributed by atoms with Crippen LogP contribution in [-0.4, -0.2) is 5.78 Å². The summed E-state index contributed by atoms with van der Waals surface area (Å²) >= 11 is 0. The maximum atomic E-state index is 19.0. The van der Waals surface area contributed by atoms with E-state index in [1.165, 1.54) is 0 Å². The van der Waals surface area contributed by atoms with E-state index < -0.39 is 10.8 Å². The standard InChI is InChI=1S/C63H42O/c64-61(62(55-37-13-25-43-19-1-7-31-49(43)55,56-38-14-26-44-20-2-8-32-50(44)56)57-39-15-27-45-21-3-9-33-51(45)57)63(58-40-16-28-46-22-4-10-34-52(46)58,59-41-17-29-47-23-5-11-35-53(47)59)60-42-18-30-48-24-6-12-36-54(48)60/h1-42H. The Kier molecular flexibility index (Phi) is 8.84. The van der Waals surface area contributed by atoms with Crippen LogP contribution in [-0.2, 0) is 15.6 Å². The average molecular weight is 815 g/mol. The lowest BCUT2D eigenvalue weighted by atomic mass is 9.52. The minimum atomic E-state index is -1.44. The van der Waals surface area contributed by atoms with Crippen molar-refractivity contribution in [2.75, 3.05) is 0 Å². The molecule has 0 aliphatic heterocycles. The zero-order chi connectivity index (χ0) is 42.7. The van der Waals surface area contributed by atoms with Crippen LogP contribution in [0.15, 0.2) is 255 Å². The molecule has 0 N–H and O–H groups in total. The van der Waals surface area contributed by atoms with Crippen LogP contribution in [0, 0.1) is 0 Å². The van der Waals surface area contributed by atoms with Crippen molar-refractivity contribution in [2.24, 2.45) is 0 Å². The first-order chi connectivity index (χ1) is 31.7. The molecular formula is C63H42O. The summed E-state index contributed by atoms with van der Waals surface area (Å²) in [6, 6.07) is 90.8. The van der Waals surface area contributed by atoms with Crippen LogP contribution in [0.2, 0.25) is 0 Å². The van der Waals surface area contributed by atoms with Gasteiger partial charge in [-0.15, -0.1) is 0 Å². The molecule has 0 fully saturated rings. The molecule has 0 aliphatic rings. The third-order valence-electron chi connectivity index (χ3n) is 13.8. The zero-order valence-electron chi connectivity index (χ0n) is 35.2. The molecule has 0 spiro atoms. The Balaban J connectivity index is 1.42. The molecule has 12 rings (SSSR count). The summed E-state index contributed by atoms with van der Waals surface area (Å²) in [5.74, 6) is 0.0492. The predicted octanol–water partition coefficient (Wildman–Crippen LogP) is 15.5. The summed E-state index contributed by atoms with van der Waals surface area (Å²) in [7, 11) is 0. The van der Waals surface area contributed by atoms with Crippen molar-refractivity contribution < 1.29 is 4.79 Å². The highest BCUT2D eigenvalue weighted by Crippen LogP contribution is 2.57. The fourth-order valence-electron chi connectivity index (χ4n) is 11.2. The second-order valence-electron chi connectivity index (χ2n) is 17.0. The number of Topliss-reactive ketones (excluding diaryl/α,β-unsaturated/α-hetero) is 1. The molecule has 0 saturated carbocycles. The molecule has 0 aliphatic carbocycles. The molecule has 12 aromatic rings. The fourth-order valence-corrected chi connectivity index (χ4v) is 11.2. The molecule has 0 bridgehead atoms. The summed E-state index contributed by atoms with van der Waals surface area (Å²) in [5, 5.41) is 12.6. The van der Waals surface area contributed by atoms with Crippen LogP contribution in [0.5, 0.6) is 0 Å². The van der Waals surface area contributed by atoms with Gasteiger partial charge in [0.05, 0.1) is 0 Å². The topological polar surface area (TPSA) is 17.1 Å². The second-order valence-corrected chi connectivity index (χ2v) is 17.0. The first kappa shape index (κ1) is 37.6. The van der Waals surface area contributed by atoms with Gasteiger partial charge in [0.1, 0.15) is 10.8 Å².